The maximum atomic E-state index is 12.8. The molecule has 0 unspecified atom stereocenters. The molecule has 0 aliphatic carbocycles. The number of nitrogens with zero attached hydrogens (tertiary/aromatic N) is 1. The molecule has 3 rings (SSSR count). The van der Waals surface area contributed by atoms with Crippen LogP contribution in [-0.2, 0) is 19.4 Å². The second-order valence-corrected chi connectivity index (χ2v) is 9.03. The fourth-order valence-electron chi connectivity index (χ4n) is 2.75. The maximum Gasteiger partial charge on any atom is 0.257 e. The highest BCUT2D eigenvalue weighted by Crippen LogP contribution is 2.25. The summed E-state index contributed by atoms with van der Waals surface area (Å²) in [4.78, 5) is 17.1. The van der Waals surface area contributed by atoms with Crippen molar-refractivity contribution < 1.29 is 17.9 Å². The predicted octanol–water partition coefficient (Wildman–Crippen LogP) is 3.00. The molecule has 1 aromatic heterocycles. The number of hydrogen-bond acceptors (Lipinski definition) is 6. The van der Waals surface area contributed by atoms with Gasteiger partial charge >= 0.3 is 0 Å². The van der Waals surface area contributed by atoms with Crippen LogP contribution in [0.2, 0.25) is 0 Å². The number of carbonyl (C=O) groups excluding carboxylic acids is 1. The van der Waals surface area contributed by atoms with E-state index in [0.29, 0.717) is 29.5 Å². The van der Waals surface area contributed by atoms with Crippen LogP contribution >= 0.6 is 11.3 Å². The second-order valence-electron chi connectivity index (χ2n) is 6.12. The van der Waals surface area contributed by atoms with Gasteiger partial charge in [0.1, 0.15) is 0 Å². The summed E-state index contributed by atoms with van der Waals surface area (Å²) in [6.07, 6.45) is 6.46. The summed E-state index contributed by atoms with van der Waals surface area (Å²) in [5.74, 6) is -0.00562. The molecular weight excluding hydrogens is 372 g/mol. The molecule has 2 aromatic rings. The van der Waals surface area contributed by atoms with E-state index in [0.717, 1.165) is 19.1 Å². The van der Waals surface area contributed by atoms with E-state index in [1.54, 1.807) is 23.7 Å². The van der Waals surface area contributed by atoms with Crippen LogP contribution in [0.3, 0.4) is 0 Å². The number of anilines is 1. The quantitative estimate of drug-likeness (QED) is 0.791. The molecular formula is C18H20N2O4S2. The largest absolute Gasteiger partial charge is 0.381 e. The highest BCUT2D eigenvalue weighted by atomic mass is 32.2. The molecule has 0 saturated carbocycles. The first-order valence-corrected chi connectivity index (χ1v) is 11.0. The van der Waals surface area contributed by atoms with E-state index in [-0.39, 0.29) is 16.7 Å². The van der Waals surface area contributed by atoms with E-state index >= 15 is 0 Å². The van der Waals surface area contributed by atoms with Gasteiger partial charge in [0.15, 0.2) is 15.0 Å². The summed E-state index contributed by atoms with van der Waals surface area (Å²) < 4.78 is 28.7. The fourth-order valence-corrected chi connectivity index (χ4v) is 3.91. The lowest BCUT2D eigenvalue weighted by atomic mass is 9.94. The van der Waals surface area contributed by atoms with Crippen molar-refractivity contribution in [2.45, 2.75) is 17.7 Å². The molecule has 1 aliphatic heterocycles. The molecule has 0 radical (unpaired) electrons. The van der Waals surface area contributed by atoms with Crippen LogP contribution in [0.1, 0.15) is 18.4 Å². The van der Waals surface area contributed by atoms with Crippen molar-refractivity contribution in [3.05, 3.63) is 47.5 Å². The predicted molar refractivity (Wildman–Crippen MR) is 102 cm³/mol. The van der Waals surface area contributed by atoms with Crippen molar-refractivity contribution in [2.75, 3.05) is 24.8 Å². The lowest BCUT2D eigenvalue weighted by Gasteiger charge is -2.20. The van der Waals surface area contributed by atoms with Crippen LogP contribution in [0.25, 0.3) is 5.57 Å². The zero-order chi connectivity index (χ0) is 18.6. The maximum absolute atomic E-state index is 12.8. The van der Waals surface area contributed by atoms with Crippen LogP contribution < -0.4 is 5.32 Å². The molecule has 2 heterocycles. The van der Waals surface area contributed by atoms with Crippen LogP contribution in [0.5, 0.6) is 0 Å². The molecule has 138 valence electrons. The first-order chi connectivity index (χ1) is 12.4. The van der Waals surface area contributed by atoms with Crippen LogP contribution in [-0.4, -0.2) is 38.8 Å². The highest BCUT2D eigenvalue weighted by molar-refractivity contribution is 7.90. The SMILES string of the molecule is CS(=O)(=O)c1ccc(C(=CC2CCOCC2)C(=O)Nc2nccs2)cc1. The zero-order valence-electron chi connectivity index (χ0n) is 14.3. The van der Waals surface area contributed by atoms with Gasteiger partial charge in [0.25, 0.3) is 5.91 Å². The minimum atomic E-state index is -3.28. The van der Waals surface area contributed by atoms with Crippen molar-refractivity contribution in [1.82, 2.24) is 4.98 Å². The molecule has 8 heteroatoms. The van der Waals surface area contributed by atoms with Gasteiger partial charge in [-0.05, 0) is 36.5 Å². The van der Waals surface area contributed by atoms with Gasteiger partial charge in [0.2, 0.25) is 0 Å². The summed E-state index contributed by atoms with van der Waals surface area (Å²) in [5, 5.41) is 5.12. The number of allylic oxidation sites excluding steroid dienone is 1. The van der Waals surface area contributed by atoms with Gasteiger partial charge in [-0.15, -0.1) is 11.3 Å². The number of hydrogen-bond donors (Lipinski definition) is 1. The monoisotopic (exact) mass is 392 g/mol. The zero-order valence-corrected chi connectivity index (χ0v) is 16.0. The Bertz CT molecular complexity index is 882. The van der Waals surface area contributed by atoms with E-state index in [4.69, 9.17) is 4.74 Å². The lowest BCUT2D eigenvalue weighted by molar-refractivity contribution is -0.111. The van der Waals surface area contributed by atoms with Crippen LogP contribution in [0, 0.1) is 5.92 Å². The minimum absolute atomic E-state index is 0.229. The number of rotatable bonds is 5. The van der Waals surface area contributed by atoms with Gasteiger partial charge in [0, 0.05) is 36.6 Å². The number of nitrogens with one attached hydrogen (secondary N) is 1. The molecule has 0 spiro atoms. The Labute approximate surface area is 156 Å². The first-order valence-electron chi connectivity index (χ1n) is 8.24. The summed E-state index contributed by atoms with van der Waals surface area (Å²) in [5.41, 5.74) is 1.20. The standard InChI is InChI=1S/C18H20N2O4S2/c1-26(22,23)15-4-2-14(3-5-15)16(12-13-6-9-24-10-7-13)17(21)20-18-19-8-11-25-18/h2-5,8,11-13H,6-7,9-10H2,1H3,(H,19,20,21). The molecule has 1 N–H and O–H groups in total. The summed E-state index contributed by atoms with van der Waals surface area (Å²) in [6, 6.07) is 6.39. The molecule has 1 fully saturated rings. The molecule has 1 aromatic carbocycles. The van der Waals surface area contributed by atoms with Crippen molar-refractivity contribution in [2.24, 2.45) is 5.92 Å². The lowest BCUT2D eigenvalue weighted by Crippen LogP contribution is -2.18. The number of thiazole rings is 1. The average molecular weight is 393 g/mol. The van der Waals surface area contributed by atoms with Crippen molar-refractivity contribution >= 4 is 37.8 Å². The van der Waals surface area contributed by atoms with Gasteiger partial charge in [-0.2, -0.15) is 0 Å². The van der Waals surface area contributed by atoms with Gasteiger partial charge < -0.3 is 4.74 Å². The Morgan fingerprint density at radius 1 is 1.27 bits per heavy atom. The van der Waals surface area contributed by atoms with Crippen molar-refractivity contribution in [3.8, 4) is 0 Å². The number of amides is 1. The molecule has 1 amide bonds. The van der Waals surface area contributed by atoms with E-state index in [1.807, 2.05) is 6.08 Å². The topological polar surface area (TPSA) is 85.4 Å². The van der Waals surface area contributed by atoms with Crippen LogP contribution in [0.4, 0.5) is 5.13 Å². The molecule has 6 nitrogen and oxygen atoms in total. The summed E-state index contributed by atoms with van der Waals surface area (Å²) >= 11 is 1.35. The van der Waals surface area contributed by atoms with Gasteiger partial charge in [-0.25, -0.2) is 13.4 Å². The van der Waals surface area contributed by atoms with Crippen molar-refractivity contribution in [1.29, 1.82) is 0 Å². The Balaban J connectivity index is 1.91. The number of ether oxygens (including phenoxy) is 1. The van der Waals surface area contributed by atoms with Crippen LogP contribution in [0.15, 0.2) is 46.8 Å². The molecule has 1 saturated heterocycles. The Kier molecular flexibility index (Phi) is 5.85. The Morgan fingerprint density at radius 3 is 2.54 bits per heavy atom. The first kappa shape index (κ1) is 18.8. The van der Waals surface area contributed by atoms with Crippen molar-refractivity contribution in [3.63, 3.8) is 0 Å². The van der Waals surface area contributed by atoms with E-state index in [9.17, 15) is 13.2 Å². The molecule has 26 heavy (non-hydrogen) atoms. The van der Waals surface area contributed by atoms with Gasteiger partial charge in [0.05, 0.1) is 4.90 Å². The minimum Gasteiger partial charge on any atom is -0.381 e. The second kappa shape index (κ2) is 8.11. The molecule has 0 bridgehead atoms. The third-order valence-electron chi connectivity index (χ3n) is 4.16. The number of aromatic nitrogens is 1. The van der Waals surface area contributed by atoms with E-state index in [1.165, 1.54) is 23.5 Å². The molecule has 0 atom stereocenters. The summed E-state index contributed by atoms with van der Waals surface area (Å²) in [6.45, 7) is 1.35. The van der Waals surface area contributed by atoms with E-state index < -0.39 is 9.84 Å². The summed E-state index contributed by atoms with van der Waals surface area (Å²) in [7, 11) is -3.28. The third kappa shape index (κ3) is 4.78. The van der Waals surface area contributed by atoms with Gasteiger partial charge in [-0.1, -0.05) is 18.2 Å². The Hall–Kier alpha value is -2.03. The third-order valence-corrected chi connectivity index (χ3v) is 5.98. The normalized spacial score (nSPS) is 16.4. The van der Waals surface area contributed by atoms with Gasteiger partial charge in [-0.3, -0.25) is 10.1 Å². The molecule has 1 aliphatic rings. The number of sulfone groups is 1. The number of benzene rings is 1. The average Bonchev–Trinajstić information content (AvgIpc) is 3.13. The number of carbonyl (C=O) groups is 1. The fraction of sp³-hybridized carbons (Fsp3) is 0.333. The van der Waals surface area contributed by atoms with E-state index in [2.05, 4.69) is 10.3 Å². The smallest absolute Gasteiger partial charge is 0.257 e. The Morgan fingerprint density at radius 2 is 1.96 bits per heavy atom. The highest BCUT2D eigenvalue weighted by Gasteiger charge is 2.19.